The minimum atomic E-state index is -0.797. The second-order valence-corrected chi connectivity index (χ2v) is 4.15. The zero-order valence-electron chi connectivity index (χ0n) is 9.02. The van der Waals surface area contributed by atoms with E-state index in [9.17, 15) is 9.59 Å². The Morgan fingerprint density at radius 3 is 2.94 bits per heavy atom. The summed E-state index contributed by atoms with van der Waals surface area (Å²) < 4.78 is 0. The molecule has 0 atom stereocenters. The highest BCUT2D eigenvalue weighted by molar-refractivity contribution is 7.13. The van der Waals surface area contributed by atoms with Crippen molar-refractivity contribution in [3.63, 3.8) is 0 Å². The van der Waals surface area contributed by atoms with Crippen LogP contribution in [0.5, 0.6) is 0 Å². The molecule has 0 saturated heterocycles. The van der Waals surface area contributed by atoms with Crippen LogP contribution in [0.2, 0.25) is 0 Å². The fourth-order valence-electron chi connectivity index (χ4n) is 1.11. The number of carboxylic acids is 1. The van der Waals surface area contributed by atoms with Crippen LogP contribution in [-0.2, 0) is 16.0 Å². The minimum absolute atomic E-state index is 0.0635. The van der Waals surface area contributed by atoms with E-state index in [1.807, 2.05) is 5.38 Å². The number of nitrogens with zero attached hydrogens (tertiary/aromatic N) is 1. The van der Waals surface area contributed by atoms with Crippen LogP contribution in [0.1, 0.15) is 31.9 Å². The van der Waals surface area contributed by atoms with E-state index in [1.165, 1.54) is 11.3 Å². The van der Waals surface area contributed by atoms with Gasteiger partial charge in [0.25, 0.3) is 0 Å². The van der Waals surface area contributed by atoms with Crippen molar-refractivity contribution < 1.29 is 14.7 Å². The maximum Gasteiger partial charge on any atom is 0.303 e. The monoisotopic (exact) mass is 242 g/mol. The normalized spacial score (nSPS) is 10.1. The van der Waals surface area contributed by atoms with Gasteiger partial charge in [-0.1, -0.05) is 6.92 Å². The number of aromatic nitrogens is 1. The molecule has 0 radical (unpaired) electrons. The van der Waals surface area contributed by atoms with Gasteiger partial charge in [0.1, 0.15) is 0 Å². The molecule has 0 unspecified atom stereocenters. The predicted molar refractivity (Wildman–Crippen MR) is 61.6 cm³/mol. The first kappa shape index (κ1) is 12.6. The second-order valence-electron chi connectivity index (χ2n) is 3.29. The van der Waals surface area contributed by atoms with Gasteiger partial charge in [-0.3, -0.25) is 9.59 Å². The van der Waals surface area contributed by atoms with E-state index < -0.39 is 5.97 Å². The number of aliphatic carboxylic acids is 1. The molecule has 2 N–H and O–H groups in total. The number of amides is 1. The van der Waals surface area contributed by atoms with Crippen molar-refractivity contribution in [1.82, 2.24) is 4.98 Å². The molecule has 1 amide bonds. The smallest absolute Gasteiger partial charge is 0.303 e. The van der Waals surface area contributed by atoms with Crippen molar-refractivity contribution in [2.24, 2.45) is 0 Å². The van der Waals surface area contributed by atoms with Crippen LogP contribution in [-0.4, -0.2) is 22.0 Å². The second kappa shape index (κ2) is 6.22. The Kier molecular flexibility index (Phi) is 4.91. The highest BCUT2D eigenvalue weighted by atomic mass is 32.1. The molecule has 5 nitrogen and oxygen atoms in total. The molecule has 0 fully saturated rings. The third kappa shape index (κ3) is 4.39. The lowest BCUT2D eigenvalue weighted by Gasteiger charge is -1.96. The van der Waals surface area contributed by atoms with Gasteiger partial charge in [0.05, 0.1) is 5.69 Å². The summed E-state index contributed by atoms with van der Waals surface area (Å²) in [6.45, 7) is 1.77. The number of rotatable bonds is 6. The molecule has 16 heavy (non-hydrogen) atoms. The standard InChI is InChI=1S/C10H14N2O3S/c1-2-8(13)12-10-11-7(6-16-10)4-3-5-9(14)15/h6H,2-5H2,1H3,(H,14,15)(H,11,12,13). The number of carbonyl (C=O) groups excluding carboxylic acids is 1. The minimum Gasteiger partial charge on any atom is -0.481 e. The third-order valence-electron chi connectivity index (χ3n) is 1.94. The van der Waals surface area contributed by atoms with Crippen molar-refractivity contribution in [3.05, 3.63) is 11.1 Å². The average molecular weight is 242 g/mol. The largest absolute Gasteiger partial charge is 0.481 e. The van der Waals surface area contributed by atoms with Gasteiger partial charge in [-0.05, 0) is 12.8 Å². The zero-order valence-corrected chi connectivity index (χ0v) is 9.84. The number of carboxylic acid groups (broad SMARTS) is 1. The summed E-state index contributed by atoms with van der Waals surface area (Å²) in [4.78, 5) is 25.6. The Morgan fingerprint density at radius 1 is 1.56 bits per heavy atom. The molecule has 1 rings (SSSR count). The Bertz CT molecular complexity index is 376. The zero-order chi connectivity index (χ0) is 12.0. The van der Waals surface area contributed by atoms with E-state index >= 15 is 0 Å². The number of aryl methyl sites for hydroxylation is 1. The summed E-state index contributed by atoms with van der Waals surface area (Å²) in [5.41, 5.74) is 0.831. The van der Waals surface area contributed by atoms with Crippen LogP contribution in [0, 0.1) is 0 Å². The van der Waals surface area contributed by atoms with Gasteiger partial charge in [0, 0.05) is 18.2 Å². The molecule has 88 valence electrons. The number of anilines is 1. The first-order valence-electron chi connectivity index (χ1n) is 5.08. The number of thiazole rings is 1. The Hall–Kier alpha value is -1.43. The molecular weight excluding hydrogens is 228 g/mol. The number of hydrogen-bond acceptors (Lipinski definition) is 4. The Labute approximate surface area is 97.5 Å². The molecule has 0 aliphatic rings. The van der Waals surface area contributed by atoms with Crippen molar-refractivity contribution >= 4 is 28.3 Å². The summed E-state index contributed by atoms with van der Waals surface area (Å²) in [6.07, 6.45) is 1.77. The van der Waals surface area contributed by atoms with Gasteiger partial charge in [0.2, 0.25) is 5.91 Å². The first-order valence-corrected chi connectivity index (χ1v) is 5.95. The van der Waals surface area contributed by atoms with Gasteiger partial charge in [0.15, 0.2) is 5.13 Å². The van der Waals surface area contributed by atoms with Crippen molar-refractivity contribution in [3.8, 4) is 0 Å². The molecule has 0 aliphatic carbocycles. The summed E-state index contributed by atoms with van der Waals surface area (Å²) in [6, 6.07) is 0. The molecule has 0 saturated carbocycles. The lowest BCUT2D eigenvalue weighted by atomic mass is 10.2. The van der Waals surface area contributed by atoms with E-state index in [-0.39, 0.29) is 12.3 Å². The predicted octanol–water partition coefficient (Wildman–Crippen LogP) is 1.90. The highest BCUT2D eigenvalue weighted by Crippen LogP contribution is 2.17. The Morgan fingerprint density at radius 2 is 2.31 bits per heavy atom. The van der Waals surface area contributed by atoms with Crippen LogP contribution in [0.3, 0.4) is 0 Å². The van der Waals surface area contributed by atoms with Crippen molar-refractivity contribution in [1.29, 1.82) is 0 Å². The van der Waals surface area contributed by atoms with Crippen molar-refractivity contribution in [2.75, 3.05) is 5.32 Å². The maximum absolute atomic E-state index is 11.1. The summed E-state index contributed by atoms with van der Waals surface area (Å²) in [5, 5.41) is 13.6. The van der Waals surface area contributed by atoms with Gasteiger partial charge >= 0.3 is 5.97 Å². The van der Waals surface area contributed by atoms with Gasteiger partial charge in [-0.15, -0.1) is 11.3 Å². The summed E-state index contributed by atoms with van der Waals surface area (Å²) >= 11 is 1.36. The first-order chi connectivity index (χ1) is 7.61. The highest BCUT2D eigenvalue weighted by Gasteiger charge is 2.05. The summed E-state index contributed by atoms with van der Waals surface area (Å²) in [7, 11) is 0. The van der Waals surface area contributed by atoms with E-state index in [1.54, 1.807) is 6.92 Å². The molecule has 0 bridgehead atoms. The van der Waals surface area contributed by atoms with E-state index in [0.29, 0.717) is 24.4 Å². The molecule has 0 aromatic carbocycles. The van der Waals surface area contributed by atoms with E-state index in [4.69, 9.17) is 5.11 Å². The molecular formula is C10H14N2O3S. The van der Waals surface area contributed by atoms with Crippen LogP contribution >= 0.6 is 11.3 Å². The summed E-state index contributed by atoms with van der Waals surface area (Å²) in [5.74, 6) is -0.860. The van der Waals surface area contributed by atoms with Gasteiger partial charge in [-0.2, -0.15) is 0 Å². The average Bonchev–Trinajstić information content (AvgIpc) is 2.65. The molecule has 0 spiro atoms. The molecule has 0 aliphatic heterocycles. The molecule has 1 aromatic rings. The van der Waals surface area contributed by atoms with Crippen LogP contribution < -0.4 is 5.32 Å². The van der Waals surface area contributed by atoms with Crippen LogP contribution in [0.15, 0.2) is 5.38 Å². The quantitative estimate of drug-likeness (QED) is 0.798. The Balaban J connectivity index is 2.39. The van der Waals surface area contributed by atoms with Crippen LogP contribution in [0.4, 0.5) is 5.13 Å². The van der Waals surface area contributed by atoms with Crippen LogP contribution in [0.25, 0.3) is 0 Å². The number of carbonyl (C=O) groups is 2. The fourth-order valence-corrected chi connectivity index (χ4v) is 1.87. The molecule has 1 heterocycles. The molecule has 6 heteroatoms. The topological polar surface area (TPSA) is 79.3 Å². The SMILES string of the molecule is CCC(=O)Nc1nc(CCCC(=O)O)cs1. The lowest BCUT2D eigenvalue weighted by Crippen LogP contribution is -2.09. The maximum atomic E-state index is 11.1. The molecule has 1 aromatic heterocycles. The van der Waals surface area contributed by atoms with E-state index in [2.05, 4.69) is 10.3 Å². The number of hydrogen-bond donors (Lipinski definition) is 2. The fraction of sp³-hybridized carbons (Fsp3) is 0.500. The third-order valence-corrected chi connectivity index (χ3v) is 2.75. The lowest BCUT2D eigenvalue weighted by molar-refractivity contribution is -0.137. The van der Waals surface area contributed by atoms with Gasteiger partial charge < -0.3 is 10.4 Å². The van der Waals surface area contributed by atoms with Crippen molar-refractivity contribution in [2.45, 2.75) is 32.6 Å². The van der Waals surface area contributed by atoms with E-state index in [0.717, 1.165) is 5.69 Å². The van der Waals surface area contributed by atoms with Gasteiger partial charge in [-0.25, -0.2) is 4.98 Å². The number of nitrogens with one attached hydrogen (secondary N) is 1.